The van der Waals surface area contributed by atoms with E-state index in [0.29, 0.717) is 10.6 Å². The molecule has 0 spiro atoms. The van der Waals surface area contributed by atoms with Crippen molar-refractivity contribution in [3.05, 3.63) is 63.4 Å². The van der Waals surface area contributed by atoms with Gasteiger partial charge >= 0.3 is 6.18 Å². The minimum Gasteiger partial charge on any atom is -0.387 e. The highest BCUT2D eigenvalue weighted by Crippen LogP contribution is 2.40. The molecule has 0 aliphatic heterocycles. The molecule has 0 radical (unpaired) electrons. The van der Waals surface area contributed by atoms with E-state index in [0.717, 1.165) is 12.3 Å². The minimum atomic E-state index is -4.84. The van der Waals surface area contributed by atoms with Crippen molar-refractivity contribution in [3.63, 3.8) is 0 Å². The molecular weight excluding hydrogens is 447 g/mol. The van der Waals surface area contributed by atoms with Gasteiger partial charge in [0.2, 0.25) is 0 Å². The van der Waals surface area contributed by atoms with Crippen LogP contribution in [0.1, 0.15) is 53.3 Å². The van der Waals surface area contributed by atoms with E-state index in [9.17, 15) is 27.5 Å². The lowest BCUT2D eigenvalue weighted by Crippen LogP contribution is -2.48. The summed E-state index contributed by atoms with van der Waals surface area (Å²) in [5, 5.41) is 13.3. The first kappa shape index (κ1) is 22.8. The number of benzene rings is 1. The molecule has 3 rings (SSSR count). The lowest BCUT2D eigenvalue weighted by Gasteiger charge is -2.40. The first-order valence-corrected chi connectivity index (χ1v) is 9.91. The van der Waals surface area contributed by atoms with Gasteiger partial charge in [-0.2, -0.15) is 13.2 Å². The van der Waals surface area contributed by atoms with Crippen LogP contribution >= 0.6 is 23.2 Å². The monoisotopic (exact) mass is 464 g/mol. The molecule has 4 nitrogen and oxygen atoms in total. The molecule has 0 saturated heterocycles. The van der Waals surface area contributed by atoms with E-state index in [4.69, 9.17) is 23.2 Å². The van der Waals surface area contributed by atoms with E-state index in [2.05, 4.69) is 10.3 Å². The summed E-state index contributed by atoms with van der Waals surface area (Å²) in [5.74, 6) is -0.923. The largest absolute Gasteiger partial charge is 0.434 e. The maximum atomic E-state index is 13.6. The Morgan fingerprint density at radius 1 is 1.23 bits per heavy atom. The van der Waals surface area contributed by atoms with Gasteiger partial charge in [0.25, 0.3) is 5.91 Å². The highest BCUT2D eigenvalue weighted by Gasteiger charge is 2.43. The maximum Gasteiger partial charge on any atom is 0.434 e. The Balaban J connectivity index is 1.97. The number of nitrogens with one attached hydrogen (secondary N) is 1. The molecular formula is C20H18Cl2F4N2O2. The second kappa shape index (κ2) is 8.69. The molecule has 2 N–H and O–H groups in total. The quantitative estimate of drug-likeness (QED) is 0.585. The summed E-state index contributed by atoms with van der Waals surface area (Å²) in [6, 6.07) is 6.39. The van der Waals surface area contributed by atoms with E-state index >= 15 is 0 Å². The number of halogens is 6. The van der Waals surface area contributed by atoms with Crippen LogP contribution in [0.3, 0.4) is 0 Å². The van der Waals surface area contributed by atoms with E-state index in [1.54, 1.807) is 18.2 Å². The first-order chi connectivity index (χ1) is 14.0. The summed E-state index contributed by atoms with van der Waals surface area (Å²) in [6.07, 6.45) is -4.76. The van der Waals surface area contributed by atoms with Crippen molar-refractivity contribution in [1.82, 2.24) is 10.3 Å². The number of rotatable bonds is 4. The van der Waals surface area contributed by atoms with Crippen LogP contribution in [0.5, 0.6) is 0 Å². The number of pyridine rings is 1. The molecule has 1 heterocycles. The normalized spacial score (nSPS) is 23.1. The van der Waals surface area contributed by atoms with Crippen molar-refractivity contribution in [2.24, 2.45) is 0 Å². The number of amides is 1. The summed E-state index contributed by atoms with van der Waals surface area (Å²) >= 11 is 11.8. The molecule has 10 heteroatoms. The third-order valence-electron chi connectivity index (χ3n) is 5.18. The Morgan fingerprint density at radius 3 is 2.50 bits per heavy atom. The van der Waals surface area contributed by atoms with Crippen LogP contribution in [-0.2, 0) is 6.18 Å². The zero-order valence-electron chi connectivity index (χ0n) is 15.5. The van der Waals surface area contributed by atoms with Gasteiger partial charge in [-0.25, -0.2) is 4.39 Å². The Labute approximate surface area is 180 Å². The number of carbonyl (C=O) groups is 1. The van der Waals surface area contributed by atoms with Crippen LogP contribution in [0, 0.1) is 0 Å². The average molecular weight is 465 g/mol. The Kier molecular flexibility index (Phi) is 6.60. The third kappa shape index (κ3) is 4.87. The van der Waals surface area contributed by atoms with Gasteiger partial charge in [-0.1, -0.05) is 35.3 Å². The number of aromatic nitrogens is 1. The molecule has 1 saturated carbocycles. The van der Waals surface area contributed by atoms with Gasteiger partial charge in [0, 0.05) is 11.2 Å². The second-order valence-electron chi connectivity index (χ2n) is 7.26. The fraction of sp³-hybridized carbons (Fsp3) is 0.400. The van der Waals surface area contributed by atoms with E-state index in [1.165, 1.54) is 6.07 Å². The maximum absolute atomic E-state index is 13.6. The van der Waals surface area contributed by atoms with Crippen LogP contribution in [-0.4, -0.2) is 27.8 Å². The molecule has 162 valence electrons. The summed E-state index contributed by atoms with van der Waals surface area (Å²) < 4.78 is 52.9. The predicted molar refractivity (Wildman–Crippen MR) is 104 cm³/mol. The van der Waals surface area contributed by atoms with Gasteiger partial charge in [-0.05, 0) is 49.4 Å². The molecule has 30 heavy (non-hydrogen) atoms. The van der Waals surface area contributed by atoms with E-state index in [-0.39, 0.29) is 25.7 Å². The summed E-state index contributed by atoms with van der Waals surface area (Å²) in [7, 11) is 0. The van der Waals surface area contributed by atoms with Gasteiger partial charge in [0.05, 0.1) is 22.2 Å². The Hall–Kier alpha value is -1.90. The SMILES string of the molecule is O=C(NC(c1cccc(Cl)c1)C1(O)CCC(F)CC1)c1ccnc(C(F)(F)F)c1Cl. The Bertz CT molecular complexity index is 931. The summed E-state index contributed by atoms with van der Waals surface area (Å²) in [5.41, 5.74) is -2.88. The third-order valence-corrected chi connectivity index (χ3v) is 5.80. The molecule has 1 aromatic heterocycles. The summed E-state index contributed by atoms with van der Waals surface area (Å²) in [4.78, 5) is 16.1. The lowest BCUT2D eigenvalue weighted by molar-refractivity contribution is -0.141. The van der Waals surface area contributed by atoms with Crippen LogP contribution in [0.2, 0.25) is 10.0 Å². The number of alkyl halides is 4. The van der Waals surface area contributed by atoms with Gasteiger partial charge in [0.15, 0.2) is 5.69 Å². The minimum absolute atomic E-state index is 0.0590. The van der Waals surface area contributed by atoms with Gasteiger partial charge in [-0.3, -0.25) is 9.78 Å². The average Bonchev–Trinajstić information content (AvgIpc) is 2.67. The standard InChI is InChI=1S/C20H18Cl2F4N2O2/c21-12-3-1-2-11(10-12)16(19(30)7-4-13(23)5-8-19)28-18(29)14-6-9-27-17(15(14)22)20(24,25)26/h1-3,6,9-10,13,16,30H,4-5,7-8H2,(H,28,29). The lowest BCUT2D eigenvalue weighted by atomic mass is 9.76. The fourth-order valence-electron chi connectivity index (χ4n) is 3.61. The van der Waals surface area contributed by atoms with Gasteiger partial charge in [-0.15, -0.1) is 0 Å². The number of carbonyl (C=O) groups excluding carboxylic acids is 1. The van der Waals surface area contributed by atoms with Crippen LogP contribution in [0.4, 0.5) is 17.6 Å². The molecule has 0 bridgehead atoms. The number of nitrogens with zero attached hydrogens (tertiary/aromatic N) is 1. The second-order valence-corrected chi connectivity index (χ2v) is 8.07. The molecule has 1 aliphatic rings. The highest BCUT2D eigenvalue weighted by atomic mass is 35.5. The Morgan fingerprint density at radius 2 is 1.90 bits per heavy atom. The zero-order valence-corrected chi connectivity index (χ0v) is 17.0. The van der Waals surface area contributed by atoms with Crippen molar-refractivity contribution in [2.75, 3.05) is 0 Å². The molecule has 1 amide bonds. The topological polar surface area (TPSA) is 62.2 Å². The molecule has 1 unspecified atom stereocenters. The number of aliphatic hydroxyl groups is 1. The molecule has 1 atom stereocenters. The van der Waals surface area contributed by atoms with Crippen molar-refractivity contribution in [1.29, 1.82) is 0 Å². The van der Waals surface area contributed by atoms with Crippen molar-refractivity contribution < 1.29 is 27.5 Å². The number of hydrogen-bond acceptors (Lipinski definition) is 3. The predicted octanol–water partition coefficient (Wildman–Crippen LogP) is 5.52. The van der Waals surface area contributed by atoms with Crippen LogP contribution < -0.4 is 5.32 Å². The van der Waals surface area contributed by atoms with Crippen molar-refractivity contribution in [3.8, 4) is 0 Å². The molecule has 2 aromatic rings. The van der Waals surface area contributed by atoms with Gasteiger partial charge in [0.1, 0.15) is 6.17 Å². The first-order valence-electron chi connectivity index (χ1n) is 9.16. The zero-order chi connectivity index (χ0) is 22.1. The highest BCUT2D eigenvalue weighted by molar-refractivity contribution is 6.34. The van der Waals surface area contributed by atoms with Crippen LogP contribution in [0.15, 0.2) is 36.5 Å². The molecule has 1 aliphatic carbocycles. The van der Waals surface area contributed by atoms with E-state index < -0.39 is 46.2 Å². The van der Waals surface area contributed by atoms with Crippen LogP contribution in [0.25, 0.3) is 0 Å². The molecule has 1 aromatic carbocycles. The van der Waals surface area contributed by atoms with Gasteiger partial charge < -0.3 is 10.4 Å². The smallest absolute Gasteiger partial charge is 0.387 e. The van der Waals surface area contributed by atoms with Crippen molar-refractivity contribution in [2.45, 2.75) is 49.7 Å². The van der Waals surface area contributed by atoms with E-state index in [1.807, 2.05) is 0 Å². The van der Waals surface area contributed by atoms with Crippen molar-refractivity contribution >= 4 is 29.1 Å². The summed E-state index contributed by atoms with van der Waals surface area (Å²) in [6.45, 7) is 0. The molecule has 1 fully saturated rings. The number of hydrogen-bond donors (Lipinski definition) is 2. The fourth-order valence-corrected chi connectivity index (χ4v) is 4.11.